The molecule has 1 fully saturated rings. The molecule has 0 spiro atoms. The molecule has 0 radical (unpaired) electrons. The molecule has 1 saturated heterocycles. The van der Waals surface area contributed by atoms with Gasteiger partial charge in [-0.25, -0.2) is 12.8 Å². The van der Waals surface area contributed by atoms with Crippen molar-refractivity contribution in [1.29, 1.82) is 0 Å². The quantitative estimate of drug-likeness (QED) is 0.803. The van der Waals surface area contributed by atoms with Gasteiger partial charge in [-0.2, -0.15) is 0 Å². The van der Waals surface area contributed by atoms with Gasteiger partial charge in [0.25, 0.3) is 0 Å². The van der Waals surface area contributed by atoms with Crippen molar-refractivity contribution < 1.29 is 17.5 Å². The van der Waals surface area contributed by atoms with E-state index in [1.54, 1.807) is 12.1 Å². The van der Waals surface area contributed by atoms with E-state index >= 15 is 0 Å². The van der Waals surface area contributed by atoms with Gasteiger partial charge in [0.05, 0.1) is 11.9 Å². The summed E-state index contributed by atoms with van der Waals surface area (Å²) in [5.74, 6) is -0.544. The zero-order valence-corrected chi connectivity index (χ0v) is 11.3. The predicted molar refractivity (Wildman–Crippen MR) is 67.6 cm³/mol. The van der Waals surface area contributed by atoms with Crippen molar-refractivity contribution in [2.24, 2.45) is 5.92 Å². The summed E-state index contributed by atoms with van der Waals surface area (Å²) in [6.45, 7) is 0.739. The standard InChI is InChI=1S/C12H14ClFO3S/c13-18(15,16)12-4-5-17-8-10(12)6-9-2-1-3-11(14)7-9/h1-3,7,10,12H,4-6,8H2. The van der Waals surface area contributed by atoms with Crippen molar-refractivity contribution in [3.63, 3.8) is 0 Å². The van der Waals surface area contributed by atoms with Crippen molar-refractivity contribution >= 4 is 19.7 Å². The van der Waals surface area contributed by atoms with Gasteiger partial charge in [0.1, 0.15) is 5.82 Å². The minimum atomic E-state index is -3.61. The van der Waals surface area contributed by atoms with Gasteiger partial charge in [0.2, 0.25) is 9.05 Å². The zero-order valence-electron chi connectivity index (χ0n) is 9.68. The van der Waals surface area contributed by atoms with Crippen LogP contribution in [0.3, 0.4) is 0 Å². The molecule has 1 aliphatic heterocycles. The molecule has 0 bridgehead atoms. The molecular formula is C12H14ClFO3S. The van der Waals surface area contributed by atoms with Gasteiger partial charge in [0, 0.05) is 23.2 Å². The molecule has 6 heteroatoms. The number of hydrogen-bond donors (Lipinski definition) is 0. The molecule has 3 nitrogen and oxygen atoms in total. The van der Waals surface area contributed by atoms with Crippen LogP contribution in [0.4, 0.5) is 4.39 Å². The maximum Gasteiger partial charge on any atom is 0.235 e. The van der Waals surface area contributed by atoms with E-state index in [0.717, 1.165) is 5.56 Å². The van der Waals surface area contributed by atoms with E-state index < -0.39 is 14.3 Å². The Balaban J connectivity index is 2.15. The molecule has 1 aliphatic rings. The Kier molecular flexibility index (Phi) is 4.25. The lowest BCUT2D eigenvalue weighted by molar-refractivity contribution is 0.0577. The van der Waals surface area contributed by atoms with Crippen LogP contribution in [-0.4, -0.2) is 26.9 Å². The fourth-order valence-electron chi connectivity index (χ4n) is 2.30. The number of benzene rings is 1. The Labute approximate surface area is 110 Å². The maximum atomic E-state index is 13.1. The molecule has 1 heterocycles. The highest BCUT2D eigenvalue weighted by atomic mass is 35.7. The fraction of sp³-hybridized carbons (Fsp3) is 0.500. The number of halogens is 2. The largest absolute Gasteiger partial charge is 0.381 e. The normalized spacial score (nSPS) is 25.0. The first kappa shape index (κ1) is 13.8. The van der Waals surface area contributed by atoms with Crippen molar-refractivity contribution in [2.75, 3.05) is 13.2 Å². The highest BCUT2D eigenvalue weighted by Gasteiger charge is 2.34. The number of rotatable bonds is 3. The second-order valence-corrected chi connectivity index (χ2v) is 7.32. The van der Waals surface area contributed by atoms with E-state index in [4.69, 9.17) is 15.4 Å². The van der Waals surface area contributed by atoms with E-state index in [0.29, 0.717) is 26.1 Å². The third-order valence-corrected chi connectivity index (χ3v) is 5.18. The minimum absolute atomic E-state index is 0.219. The third-order valence-electron chi connectivity index (χ3n) is 3.15. The van der Waals surface area contributed by atoms with Crippen LogP contribution in [0, 0.1) is 11.7 Å². The lowest BCUT2D eigenvalue weighted by atomic mass is 9.93. The molecule has 2 atom stereocenters. The van der Waals surface area contributed by atoms with Gasteiger partial charge in [-0.15, -0.1) is 0 Å². The Morgan fingerprint density at radius 2 is 2.22 bits per heavy atom. The van der Waals surface area contributed by atoms with Gasteiger partial charge < -0.3 is 4.74 Å². The number of hydrogen-bond acceptors (Lipinski definition) is 3. The molecule has 0 saturated carbocycles. The summed E-state index contributed by atoms with van der Waals surface area (Å²) in [5, 5.41) is -0.615. The van der Waals surface area contributed by atoms with Gasteiger partial charge in [-0.1, -0.05) is 12.1 Å². The molecule has 2 rings (SSSR count). The molecule has 0 N–H and O–H groups in total. The zero-order chi connectivity index (χ0) is 13.2. The van der Waals surface area contributed by atoms with E-state index in [1.165, 1.54) is 12.1 Å². The first-order valence-electron chi connectivity index (χ1n) is 5.72. The molecular weight excluding hydrogens is 279 g/mol. The lowest BCUT2D eigenvalue weighted by Gasteiger charge is -2.29. The van der Waals surface area contributed by atoms with Crippen molar-refractivity contribution in [3.05, 3.63) is 35.6 Å². The van der Waals surface area contributed by atoms with Crippen LogP contribution >= 0.6 is 10.7 Å². The average molecular weight is 293 g/mol. The summed E-state index contributed by atoms with van der Waals surface area (Å²) in [4.78, 5) is 0. The first-order chi connectivity index (χ1) is 8.47. The Morgan fingerprint density at radius 3 is 2.89 bits per heavy atom. The van der Waals surface area contributed by atoms with E-state index in [9.17, 15) is 12.8 Å². The SMILES string of the molecule is O=S(=O)(Cl)C1CCOCC1Cc1cccc(F)c1. The smallest absolute Gasteiger partial charge is 0.235 e. The summed E-state index contributed by atoms with van der Waals surface area (Å²) in [7, 11) is 1.84. The topological polar surface area (TPSA) is 43.4 Å². The average Bonchev–Trinajstić information content (AvgIpc) is 2.28. The second-order valence-electron chi connectivity index (χ2n) is 4.47. The Morgan fingerprint density at radius 1 is 1.44 bits per heavy atom. The van der Waals surface area contributed by atoms with Gasteiger partial charge in [-0.05, 0) is 30.5 Å². The molecule has 100 valence electrons. The van der Waals surface area contributed by atoms with Crippen LogP contribution in [0.15, 0.2) is 24.3 Å². The summed E-state index contributed by atoms with van der Waals surface area (Å²) in [6.07, 6.45) is 0.847. The molecule has 0 aliphatic carbocycles. The van der Waals surface area contributed by atoms with E-state index in [-0.39, 0.29) is 11.7 Å². The van der Waals surface area contributed by atoms with Gasteiger partial charge in [-0.3, -0.25) is 0 Å². The predicted octanol–water partition coefficient (Wildman–Crippen LogP) is 2.34. The third kappa shape index (κ3) is 3.43. The molecule has 1 aromatic carbocycles. The molecule has 0 amide bonds. The highest BCUT2D eigenvalue weighted by Crippen LogP contribution is 2.27. The van der Waals surface area contributed by atoms with Gasteiger partial charge in [0.15, 0.2) is 0 Å². The molecule has 2 unspecified atom stereocenters. The van der Waals surface area contributed by atoms with Gasteiger partial charge >= 0.3 is 0 Å². The van der Waals surface area contributed by atoms with Crippen LogP contribution in [0.25, 0.3) is 0 Å². The summed E-state index contributed by atoms with van der Waals surface area (Å²) < 4.78 is 41.3. The van der Waals surface area contributed by atoms with Crippen molar-refractivity contribution in [3.8, 4) is 0 Å². The van der Waals surface area contributed by atoms with Crippen LogP contribution in [-0.2, 0) is 20.2 Å². The Hall–Kier alpha value is -0.650. The van der Waals surface area contributed by atoms with Crippen LogP contribution < -0.4 is 0 Å². The number of ether oxygens (including phenoxy) is 1. The molecule has 0 aromatic heterocycles. The maximum absolute atomic E-state index is 13.1. The summed E-state index contributed by atoms with van der Waals surface area (Å²) >= 11 is 0. The molecule has 1 aromatic rings. The van der Waals surface area contributed by atoms with E-state index in [1.807, 2.05) is 0 Å². The van der Waals surface area contributed by atoms with Crippen molar-refractivity contribution in [2.45, 2.75) is 18.1 Å². The van der Waals surface area contributed by atoms with Crippen LogP contribution in [0.2, 0.25) is 0 Å². The summed E-state index contributed by atoms with van der Waals surface area (Å²) in [6, 6.07) is 6.15. The second kappa shape index (κ2) is 5.55. The first-order valence-corrected chi connectivity index (χ1v) is 8.10. The van der Waals surface area contributed by atoms with Crippen LogP contribution in [0.1, 0.15) is 12.0 Å². The Bertz CT molecular complexity index is 518. The van der Waals surface area contributed by atoms with E-state index in [2.05, 4.69) is 0 Å². The fourth-order valence-corrected chi connectivity index (χ4v) is 4.02. The summed E-state index contributed by atoms with van der Waals surface area (Å²) in [5.41, 5.74) is 0.760. The molecule has 18 heavy (non-hydrogen) atoms. The monoisotopic (exact) mass is 292 g/mol. The van der Waals surface area contributed by atoms with Crippen molar-refractivity contribution in [1.82, 2.24) is 0 Å². The lowest BCUT2D eigenvalue weighted by Crippen LogP contribution is -2.37. The van der Waals surface area contributed by atoms with Crippen LogP contribution in [0.5, 0.6) is 0 Å². The highest BCUT2D eigenvalue weighted by molar-refractivity contribution is 8.14. The minimum Gasteiger partial charge on any atom is -0.381 e.